The summed E-state index contributed by atoms with van der Waals surface area (Å²) in [5, 5.41) is 0. The molecule has 1 aromatic heterocycles. The Kier molecular flexibility index (Phi) is 2.55. The molecule has 0 aliphatic carbocycles. The quantitative estimate of drug-likeness (QED) is 0.598. The van der Waals surface area contributed by atoms with E-state index in [0.29, 0.717) is 5.56 Å². The minimum atomic E-state index is 0.609. The number of aldehydes is 1. The molecule has 0 saturated heterocycles. The van der Waals surface area contributed by atoms with Crippen molar-refractivity contribution in [3.05, 3.63) is 35.7 Å². The third-order valence-electron chi connectivity index (χ3n) is 1.28. The summed E-state index contributed by atoms with van der Waals surface area (Å²) in [4.78, 5) is 14.2. The van der Waals surface area contributed by atoms with Crippen LogP contribution in [-0.2, 0) is 0 Å². The van der Waals surface area contributed by atoms with Gasteiger partial charge in [0.2, 0.25) is 0 Å². The highest BCUT2D eigenvalue weighted by molar-refractivity contribution is 5.74. The van der Waals surface area contributed by atoms with Gasteiger partial charge in [-0.1, -0.05) is 6.08 Å². The van der Waals surface area contributed by atoms with Crippen LogP contribution in [0.2, 0.25) is 0 Å². The van der Waals surface area contributed by atoms with Gasteiger partial charge in [-0.2, -0.15) is 0 Å². The molecule has 0 aliphatic heterocycles. The van der Waals surface area contributed by atoms with Crippen LogP contribution in [0.5, 0.6) is 0 Å². The Morgan fingerprint density at radius 2 is 2.27 bits per heavy atom. The topological polar surface area (TPSA) is 30.0 Å². The summed E-state index contributed by atoms with van der Waals surface area (Å²) in [6.45, 7) is 1.93. The smallest absolute Gasteiger partial charge is 0.151 e. The first-order valence-electron chi connectivity index (χ1n) is 3.40. The summed E-state index contributed by atoms with van der Waals surface area (Å²) >= 11 is 0. The van der Waals surface area contributed by atoms with Crippen molar-refractivity contribution in [2.45, 2.75) is 6.92 Å². The van der Waals surface area contributed by atoms with Crippen LogP contribution in [-0.4, -0.2) is 11.3 Å². The number of pyridine rings is 1. The molecular formula is C9H9NO. The van der Waals surface area contributed by atoms with Gasteiger partial charge in [-0.25, -0.2) is 0 Å². The zero-order valence-corrected chi connectivity index (χ0v) is 6.32. The molecule has 1 rings (SSSR count). The van der Waals surface area contributed by atoms with Gasteiger partial charge in [-0.3, -0.25) is 9.78 Å². The summed E-state index contributed by atoms with van der Waals surface area (Å²) in [7, 11) is 0. The zero-order valence-electron chi connectivity index (χ0n) is 6.32. The molecule has 1 heterocycles. The second-order valence-electron chi connectivity index (χ2n) is 2.13. The van der Waals surface area contributed by atoms with E-state index in [1.165, 1.54) is 0 Å². The van der Waals surface area contributed by atoms with Gasteiger partial charge in [-0.15, -0.1) is 0 Å². The Morgan fingerprint density at radius 3 is 2.73 bits per heavy atom. The first kappa shape index (κ1) is 7.66. The maximum atomic E-state index is 10.2. The van der Waals surface area contributed by atoms with Crippen LogP contribution in [0.25, 0.3) is 6.08 Å². The van der Waals surface area contributed by atoms with Crippen molar-refractivity contribution in [2.24, 2.45) is 0 Å². The Hall–Kier alpha value is -1.44. The van der Waals surface area contributed by atoms with Crippen LogP contribution in [0.1, 0.15) is 23.0 Å². The molecule has 0 amide bonds. The van der Waals surface area contributed by atoms with Crippen molar-refractivity contribution in [3.8, 4) is 0 Å². The number of hydrogen-bond donors (Lipinski definition) is 0. The van der Waals surface area contributed by atoms with Crippen LogP contribution in [0.4, 0.5) is 0 Å². The van der Waals surface area contributed by atoms with Crippen molar-refractivity contribution in [1.82, 2.24) is 4.98 Å². The molecular weight excluding hydrogens is 138 g/mol. The maximum absolute atomic E-state index is 10.2. The highest BCUT2D eigenvalue weighted by atomic mass is 16.1. The second kappa shape index (κ2) is 3.66. The predicted molar refractivity (Wildman–Crippen MR) is 44.3 cm³/mol. The van der Waals surface area contributed by atoms with Crippen LogP contribution < -0.4 is 0 Å². The first-order valence-corrected chi connectivity index (χ1v) is 3.40. The third kappa shape index (κ3) is 2.00. The number of carbonyl (C=O) groups is 1. The number of carbonyl (C=O) groups excluding carboxylic acids is 1. The molecule has 2 heteroatoms. The molecule has 56 valence electrons. The van der Waals surface area contributed by atoms with E-state index in [4.69, 9.17) is 0 Å². The number of aromatic nitrogens is 1. The average Bonchev–Trinajstić information content (AvgIpc) is 2.07. The fourth-order valence-electron chi connectivity index (χ4n) is 0.756. The molecule has 0 aromatic carbocycles. The fourth-order valence-corrected chi connectivity index (χ4v) is 0.756. The molecule has 0 radical (unpaired) electrons. The Morgan fingerprint density at radius 1 is 1.45 bits per heavy atom. The monoisotopic (exact) mass is 147 g/mol. The predicted octanol–water partition coefficient (Wildman–Crippen LogP) is 1.93. The van der Waals surface area contributed by atoms with Crippen molar-refractivity contribution >= 4 is 12.4 Å². The van der Waals surface area contributed by atoms with Gasteiger partial charge in [0.15, 0.2) is 6.29 Å². The van der Waals surface area contributed by atoms with Crippen LogP contribution in [0, 0.1) is 0 Å². The Labute approximate surface area is 65.6 Å². The Balaban J connectivity index is 2.91. The normalized spacial score (nSPS) is 10.3. The van der Waals surface area contributed by atoms with E-state index in [0.717, 1.165) is 12.0 Å². The van der Waals surface area contributed by atoms with Gasteiger partial charge in [0, 0.05) is 11.8 Å². The zero-order chi connectivity index (χ0) is 8.10. The third-order valence-corrected chi connectivity index (χ3v) is 1.28. The highest BCUT2D eigenvalue weighted by Crippen LogP contribution is 1.99. The van der Waals surface area contributed by atoms with Gasteiger partial charge < -0.3 is 0 Å². The lowest BCUT2D eigenvalue weighted by Crippen LogP contribution is -1.83. The van der Waals surface area contributed by atoms with E-state index in [2.05, 4.69) is 4.98 Å². The van der Waals surface area contributed by atoms with Crippen LogP contribution in [0.3, 0.4) is 0 Å². The minimum Gasteiger partial charge on any atom is -0.298 e. The standard InChI is InChI=1S/C9H9NO/c1-2-3-9-5-4-8(7-11)6-10-9/h2-7H,1H3/b3-2+. The van der Waals surface area contributed by atoms with Gasteiger partial charge >= 0.3 is 0 Å². The van der Waals surface area contributed by atoms with E-state index >= 15 is 0 Å². The fraction of sp³-hybridized carbons (Fsp3) is 0.111. The molecule has 1 aromatic rings. The van der Waals surface area contributed by atoms with E-state index < -0.39 is 0 Å². The lowest BCUT2D eigenvalue weighted by molar-refractivity contribution is 0.112. The number of nitrogens with zero attached hydrogens (tertiary/aromatic N) is 1. The van der Waals surface area contributed by atoms with Crippen molar-refractivity contribution in [1.29, 1.82) is 0 Å². The van der Waals surface area contributed by atoms with Crippen molar-refractivity contribution in [3.63, 3.8) is 0 Å². The molecule has 0 unspecified atom stereocenters. The van der Waals surface area contributed by atoms with E-state index in [-0.39, 0.29) is 0 Å². The molecule has 0 fully saturated rings. The van der Waals surface area contributed by atoms with Gasteiger partial charge in [-0.05, 0) is 25.1 Å². The lowest BCUT2D eigenvalue weighted by Gasteiger charge is -1.90. The lowest BCUT2D eigenvalue weighted by atomic mass is 10.2. The molecule has 0 bridgehead atoms. The maximum Gasteiger partial charge on any atom is 0.151 e. The SMILES string of the molecule is C/C=C/c1ccc(C=O)cn1. The van der Waals surface area contributed by atoms with Crippen molar-refractivity contribution in [2.75, 3.05) is 0 Å². The molecule has 11 heavy (non-hydrogen) atoms. The summed E-state index contributed by atoms with van der Waals surface area (Å²) in [5.74, 6) is 0. The summed E-state index contributed by atoms with van der Waals surface area (Å²) in [5.41, 5.74) is 1.48. The summed E-state index contributed by atoms with van der Waals surface area (Å²) < 4.78 is 0. The average molecular weight is 147 g/mol. The molecule has 0 aliphatic rings. The van der Waals surface area contributed by atoms with Gasteiger partial charge in [0.1, 0.15) is 0 Å². The molecule has 0 atom stereocenters. The van der Waals surface area contributed by atoms with E-state index in [1.54, 1.807) is 12.3 Å². The molecule has 2 nitrogen and oxygen atoms in total. The van der Waals surface area contributed by atoms with Gasteiger partial charge in [0.05, 0.1) is 5.69 Å². The van der Waals surface area contributed by atoms with E-state index in [9.17, 15) is 4.79 Å². The van der Waals surface area contributed by atoms with E-state index in [1.807, 2.05) is 25.1 Å². The first-order chi connectivity index (χ1) is 5.36. The van der Waals surface area contributed by atoms with Crippen LogP contribution >= 0.6 is 0 Å². The Bertz CT molecular complexity index is 261. The summed E-state index contributed by atoms with van der Waals surface area (Å²) in [6.07, 6.45) is 6.13. The van der Waals surface area contributed by atoms with Crippen molar-refractivity contribution < 1.29 is 4.79 Å². The molecule has 0 N–H and O–H groups in total. The number of allylic oxidation sites excluding steroid dienone is 1. The van der Waals surface area contributed by atoms with Crippen LogP contribution in [0.15, 0.2) is 24.4 Å². The van der Waals surface area contributed by atoms with Gasteiger partial charge in [0.25, 0.3) is 0 Å². The highest BCUT2D eigenvalue weighted by Gasteiger charge is 1.88. The summed E-state index contributed by atoms with van der Waals surface area (Å²) in [6, 6.07) is 3.55. The number of hydrogen-bond acceptors (Lipinski definition) is 2. The molecule has 0 spiro atoms. The number of rotatable bonds is 2. The largest absolute Gasteiger partial charge is 0.298 e. The molecule has 0 saturated carbocycles. The second-order valence-corrected chi connectivity index (χ2v) is 2.13. The minimum absolute atomic E-state index is 0.609.